The van der Waals surface area contributed by atoms with Crippen LogP contribution < -0.4 is 4.74 Å². The highest BCUT2D eigenvalue weighted by Gasteiger charge is 2.19. The van der Waals surface area contributed by atoms with E-state index in [0.717, 1.165) is 49.1 Å². The van der Waals surface area contributed by atoms with E-state index in [1.54, 1.807) is 0 Å². The zero-order valence-electron chi connectivity index (χ0n) is 14.9. The first-order valence-corrected chi connectivity index (χ1v) is 9.84. The van der Waals surface area contributed by atoms with Crippen LogP contribution in [-0.4, -0.2) is 47.4 Å². The van der Waals surface area contributed by atoms with Crippen LogP contribution in [0.25, 0.3) is 10.9 Å². The number of thiocarbonyl (C=S) groups is 1. The van der Waals surface area contributed by atoms with Gasteiger partial charge in [-0.2, -0.15) is 0 Å². The molecule has 0 atom stereocenters. The Kier molecular flexibility index (Phi) is 5.62. The summed E-state index contributed by atoms with van der Waals surface area (Å²) in [4.78, 5) is 3.13. The fourth-order valence-electron chi connectivity index (χ4n) is 3.33. The number of morpholine rings is 1. The van der Waals surface area contributed by atoms with Gasteiger partial charge in [-0.1, -0.05) is 42.0 Å². The van der Waals surface area contributed by atoms with Crippen molar-refractivity contribution < 1.29 is 9.47 Å². The molecule has 0 radical (unpaired) electrons. The maximum absolute atomic E-state index is 5.92. The van der Waals surface area contributed by atoms with Crippen molar-refractivity contribution >= 4 is 39.7 Å². The van der Waals surface area contributed by atoms with Gasteiger partial charge in [0, 0.05) is 40.8 Å². The maximum Gasteiger partial charge on any atom is 0.119 e. The van der Waals surface area contributed by atoms with Crippen LogP contribution in [0.15, 0.2) is 54.7 Å². The second-order valence-corrected chi connectivity index (χ2v) is 7.28. The smallest absolute Gasteiger partial charge is 0.119 e. The van der Waals surface area contributed by atoms with E-state index in [0.29, 0.717) is 11.6 Å². The summed E-state index contributed by atoms with van der Waals surface area (Å²) in [5.41, 5.74) is 2.27. The quantitative estimate of drug-likeness (QED) is 0.594. The predicted molar refractivity (Wildman–Crippen MR) is 113 cm³/mol. The average Bonchev–Trinajstić information content (AvgIpc) is 3.08. The third-order valence-electron chi connectivity index (χ3n) is 4.73. The Morgan fingerprint density at radius 3 is 2.59 bits per heavy atom. The number of ether oxygens (including phenoxy) is 2. The SMILES string of the molecule is S=C(c1cn(CCOc2ccc(Cl)cc2)c2ccccc12)N1CCOCC1. The molecule has 0 spiro atoms. The van der Waals surface area contributed by atoms with Crippen molar-refractivity contribution in [3.8, 4) is 5.75 Å². The van der Waals surface area contributed by atoms with Crippen molar-refractivity contribution in [1.82, 2.24) is 9.47 Å². The molecule has 27 heavy (non-hydrogen) atoms. The van der Waals surface area contributed by atoms with Gasteiger partial charge in [-0.25, -0.2) is 0 Å². The molecule has 0 amide bonds. The number of rotatable bonds is 5. The molecule has 0 N–H and O–H groups in total. The number of halogens is 1. The van der Waals surface area contributed by atoms with Crippen LogP contribution in [0.5, 0.6) is 5.75 Å². The van der Waals surface area contributed by atoms with Gasteiger partial charge in [0.05, 0.1) is 19.8 Å². The van der Waals surface area contributed by atoms with Crippen LogP contribution in [0.4, 0.5) is 0 Å². The lowest BCUT2D eigenvalue weighted by Gasteiger charge is -2.29. The zero-order valence-corrected chi connectivity index (χ0v) is 16.5. The van der Waals surface area contributed by atoms with Crippen molar-refractivity contribution in [2.75, 3.05) is 32.9 Å². The molecule has 140 valence electrons. The van der Waals surface area contributed by atoms with Crippen LogP contribution in [0.1, 0.15) is 5.56 Å². The molecule has 4 rings (SSSR count). The molecule has 3 aromatic rings. The third kappa shape index (κ3) is 4.10. The minimum Gasteiger partial charge on any atom is -0.492 e. The van der Waals surface area contributed by atoms with Crippen molar-refractivity contribution in [2.45, 2.75) is 6.54 Å². The molecule has 2 aromatic carbocycles. The van der Waals surface area contributed by atoms with E-state index in [1.165, 1.54) is 10.9 Å². The number of aromatic nitrogens is 1. The molecule has 0 saturated carbocycles. The molecule has 1 aliphatic heterocycles. The number of fused-ring (bicyclic) bond motifs is 1. The zero-order chi connectivity index (χ0) is 18.6. The molecular formula is C21H21ClN2O2S. The van der Waals surface area contributed by atoms with Crippen LogP contribution in [0.2, 0.25) is 5.02 Å². The van der Waals surface area contributed by atoms with E-state index in [2.05, 4.69) is 39.9 Å². The standard InChI is InChI=1S/C21H21ClN2O2S/c22-16-5-7-17(8-6-16)26-14-11-24-15-19(18-3-1-2-4-20(18)24)21(27)23-9-12-25-13-10-23/h1-8,15H,9-14H2. The van der Waals surface area contributed by atoms with Crippen molar-refractivity contribution in [3.05, 3.63) is 65.3 Å². The Morgan fingerprint density at radius 2 is 1.81 bits per heavy atom. The number of hydrogen-bond donors (Lipinski definition) is 0. The summed E-state index contributed by atoms with van der Waals surface area (Å²) < 4.78 is 13.5. The van der Waals surface area contributed by atoms with Crippen LogP contribution in [-0.2, 0) is 11.3 Å². The molecule has 0 aliphatic carbocycles. The Labute approximate surface area is 169 Å². The van der Waals surface area contributed by atoms with Crippen molar-refractivity contribution in [1.29, 1.82) is 0 Å². The van der Waals surface area contributed by atoms with Crippen molar-refractivity contribution in [2.24, 2.45) is 0 Å². The molecule has 1 fully saturated rings. The highest BCUT2D eigenvalue weighted by Crippen LogP contribution is 2.24. The minimum atomic E-state index is 0.573. The minimum absolute atomic E-state index is 0.573. The summed E-state index contributed by atoms with van der Waals surface area (Å²) >= 11 is 11.7. The summed E-state index contributed by atoms with van der Waals surface area (Å²) in [6, 6.07) is 15.8. The van der Waals surface area contributed by atoms with Gasteiger partial charge in [-0.05, 0) is 30.3 Å². The van der Waals surface area contributed by atoms with Gasteiger partial charge < -0.3 is 18.9 Å². The van der Waals surface area contributed by atoms with E-state index < -0.39 is 0 Å². The molecule has 0 unspecified atom stereocenters. The number of hydrogen-bond acceptors (Lipinski definition) is 3. The van der Waals surface area contributed by atoms with Crippen LogP contribution in [0.3, 0.4) is 0 Å². The lowest BCUT2D eigenvalue weighted by molar-refractivity contribution is 0.0693. The Morgan fingerprint density at radius 1 is 1.07 bits per heavy atom. The Hall–Kier alpha value is -2.08. The average molecular weight is 401 g/mol. The Balaban J connectivity index is 1.52. The van der Waals surface area contributed by atoms with Gasteiger partial charge in [-0.3, -0.25) is 0 Å². The second kappa shape index (κ2) is 8.30. The lowest BCUT2D eigenvalue weighted by atomic mass is 10.1. The van der Waals surface area contributed by atoms with Crippen LogP contribution >= 0.6 is 23.8 Å². The van der Waals surface area contributed by atoms with E-state index in [9.17, 15) is 0 Å². The fourth-order valence-corrected chi connectivity index (χ4v) is 3.80. The van der Waals surface area contributed by atoms with Gasteiger partial charge in [0.25, 0.3) is 0 Å². The molecule has 1 aromatic heterocycles. The summed E-state index contributed by atoms with van der Waals surface area (Å²) in [6.07, 6.45) is 2.15. The van der Waals surface area contributed by atoms with Crippen LogP contribution in [0, 0.1) is 0 Å². The molecule has 6 heteroatoms. The topological polar surface area (TPSA) is 26.6 Å². The molecule has 0 bridgehead atoms. The van der Waals surface area contributed by atoms with Gasteiger partial charge in [0.2, 0.25) is 0 Å². The first-order chi connectivity index (χ1) is 13.2. The van der Waals surface area contributed by atoms with E-state index >= 15 is 0 Å². The number of benzene rings is 2. The normalized spacial score (nSPS) is 14.5. The predicted octanol–water partition coefficient (Wildman–Crippen LogP) is 4.38. The maximum atomic E-state index is 5.92. The molecule has 4 nitrogen and oxygen atoms in total. The third-order valence-corrected chi connectivity index (χ3v) is 5.46. The summed E-state index contributed by atoms with van der Waals surface area (Å²) in [5, 5.41) is 1.89. The highest BCUT2D eigenvalue weighted by molar-refractivity contribution is 7.80. The summed E-state index contributed by atoms with van der Waals surface area (Å²) in [6.45, 7) is 4.47. The Bertz CT molecular complexity index is 933. The second-order valence-electron chi connectivity index (χ2n) is 6.46. The number of para-hydroxylation sites is 1. The van der Waals surface area contributed by atoms with E-state index in [4.69, 9.17) is 33.3 Å². The van der Waals surface area contributed by atoms with Crippen molar-refractivity contribution in [3.63, 3.8) is 0 Å². The largest absolute Gasteiger partial charge is 0.492 e. The van der Waals surface area contributed by atoms with Gasteiger partial charge in [0.1, 0.15) is 17.3 Å². The van der Waals surface area contributed by atoms with Gasteiger partial charge >= 0.3 is 0 Å². The molecular weight excluding hydrogens is 380 g/mol. The fraction of sp³-hybridized carbons (Fsp3) is 0.286. The van der Waals surface area contributed by atoms with E-state index in [1.807, 2.05) is 24.3 Å². The molecule has 1 saturated heterocycles. The summed E-state index contributed by atoms with van der Waals surface area (Å²) in [5.74, 6) is 0.819. The van der Waals surface area contributed by atoms with E-state index in [-0.39, 0.29) is 0 Å². The first-order valence-electron chi connectivity index (χ1n) is 9.05. The van der Waals surface area contributed by atoms with Gasteiger partial charge in [0.15, 0.2) is 0 Å². The monoisotopic (exact) mass is 400 g/mol. The molecule has 1 aliphatic rings. The first kappa shape index (κ1) is 18.3. The number of nitrogens with zero attached hydrogens (tertiary/aromatic N) is 2. The van der Waals surface area contributed by atoms with Gasteiger partial charge in [-0.15, -0.1) is 0 Å². The highest BCUT2D eigenvalue weighted by atomic mass is 35.5. The lowest BCUT2D eigenvalue weighted by Crippen LogP contribution is -2.40. The summed E-state index contributed by atoms with van der Waals surface area (Å²) in [7, 11) is 0. The molecule has 2 heterocycles.